The van der Waals surface area contributed by atoms with Crippen LogP contribution in [0.25, 0.3) is 16.9 Å². The molecular weight excluding hydrogens is 516 g/mol. The largest absolute Gasteiger partial charge is 0.510 e. The van der Waals surface area contributed by atoms with Gasteiger partial charge in [-0.3, -0.25) is 14.5 Å². The van der Waals surface area contributed by atoms with Crippen LogP contribution in [0.3, 0.4) is 0 Å². The van der Waals surface area contributed by atoms with Crippen molar-refractivity contribution in [3.8, 4) is 22.6 Å². The predicted octanol–water partition coefficient (Wildman–Crippen LogP) is 2.20. The number of carbonyl (C=O) groups excluding carboxylic acids is 2. The Morgan fingerprint density at radius 2 is 1.80 bits per heavy atom. The molecule has 0 aromatic heterocycles. The highest BCUT2D eigenvalue weighted by Crippen LogP contribution is 2.54. The Balaban J connectivity index is 1.70. The average molecular weight is 551 g/mol. The number of carbonyl (C=O) groups is 2. The molecule has 10 heteroatoms. The van der Waals surface area contributed by atoms with Gasteiger partial charge in [-0.2, -0.15) is 0 Å². The van der Waals surface area contributed by atoms with Gasteiger partial charge in [0.15, 0.2) is 5.78 Å². The summed E-state index contributed by atoms with van der Waals surface area (Å²) in [5.74, 6) is -8.52. The zero-order valence-electron chi connectivity index (χ0n) is 22.8. The molecule has 0 heterocycles. The molecule has 0 saturated heterocycles. The van der Waals surface area contributed by atoms with Crippen molar-refractivity contribution in [3.05, 3.63) is 63.9 Å². The molecule has 3 aliphatic carbocycles. The number of amides is 1. The van der Waals surface area contributed by atoms with Gasteiger partial charge in [-0.05, 0) is 80.1 Å². The molecule has 0 aliphatic heterocycles. The van der Waals surface area contributed by atoms with Gasteiger partial charge in [-0.1, -0.05) is 19.1 Å². The lowest BCUT2D eigenvalue weighted by Gasteiger charge is -2.51. The standard InChI is InChI=1S/C30H34N2O8/c1-5-13-10-18(14-6-8-16(40-4)9-7-14)25(33)21-17(13)11-15-12-19-22(27(35)20(15)26(21)34)30(38,39)23(29(31)37)28(36)24(19)32(2)3/h6-10,15,19,22,24,33-34,36,38-39H,5,11-12H2,1-4H3,(H2,31,37)/t15?,19?,22?,24-/m0/s1. The van der Waals surface area contributed by atoms with Crippen molar-refractivity contribution in [1.82, 2.24) is 4.90 Å². The van der Waals surface area contributed by atoms with Gasteiger partial charge in [0, 0.05) is 11.1 Å². The van der Waals surface area contributed by atoms with Gasteiger partial charge in [-0.25, -0.2) is 0 Å². The van der Waals surface area contributed by atoms with Crippen LogP contribution in [0.15, 0.2) is 47.2 Å². The van der Waals surface area contributed by atoms with Crippen LogP contribution in [0.2, 0.25) is 0 Å². The SMILES string of the molecule is CCc1cc(-c2ccc(OC)cc2)c(O)c2c1CC1CC3C(C(=O)C1=C2O)C(O)(O)C(C(N)=O)=C(O)[C@H]3N(C)C. The van der Waals surface area contributed by atoms with Gasteiger partial charge in [-0.15, -0.1) is 0 Å². The second-order valence-electron chi connectivity index (χ2n) is 11.0. The third-order valence-electron chi connectivity index (χ3n) is 8.71. The van der Waals surface area contributed by atoms with E-state index in [9.17, 15) is 35.1 Å². The molecule has 0 radical (unpaired) electrons. The molecule has 40 heavy (non-hydrogen) atoms. The number of nitrogens with two attached hydrogens (primary N) is 1. The summed E-state index contributed by atoms with van der Waals surface area (Å²) < 4.78 is 5.23. The fraction of sp³-hybridized carbons (Fsp3) is 0.400. The van der Waals surface area contributed by atoms with Crippen molar-refractivity contribution in [2.24, 2.45) is 23.5 Å². The van der Waals surface area contributed by atoms with E-state index < -0.39 is 58.4 Å². The maximum atomic E-state index is 14.1. The zero-order valence-corrected chi connectivity index (χ0v) is 22.8. The molecule has 10 nitrogen and oxygen atoms in total. The van der Waals surface area contributed by atoms with E-state index in [1.165, 1.54) is 0 Å². The van der Waals surface area contributed by atoms with E-state index in [-0.39, 0.29) is 23.3 Å². The summed E-state index contributed by atoms with van der Waals surface area (Å²) in [5, 5.41) is 56.2. The number of methoxy groups -OCH3 is 1. The first-order valence-corrected chi connectivity index (χ1v) is 13.2. The summed E-state index contributed by atoms with van der Waals surface area (Å²) in [6.07, 6.45) is 1.13. The maximum Gasteiger partial charge on any atom is 0.253 e. The first-order chi connectivity index (χ1) is 18.8. The minimum absolute atomic E-state index is 0.0341. The van der Waals surface area contributed by atoms with Crippen LogP contribution in [-0.2, 0) is 22.4 Å². The van der Waals surface area contributed by atoms with E-state index in [0.29, 0.717) is 35.3 Å². The lowest BCUT2D eigenvalue weighted by atomic mass is 9.57. The van der Waals surface area contributed by atoms with Gasteiger partial charge < -0.3 is 36.0 Å². The van der Waals surface area contributed by atoms with Crippen LogP contribution < -0.4 is 10.5 Å². The smallest absolute Gasteiger partial charge is 0.253 e. The Hall–Kier alpha value is -3.86. The number of benzene rings is 2. The number of phenols is 1. The van der Waals surface area contributed by atoms with E-state index >= 15 is 0 Å². The molecule has 3 unspecified atom stereocenters. The monoisotopic (exact) mass is 550 g/mol. The molecule has 1 amide bonds. The molecule has 3 aliphatic rings. The number of aryl methyl sites for hydroxylation is 1. The quantitative estimate of drug-likeness (QED) is 0.305. The molecule has 212 valence electrons. The zero-order chi connectivity index (χ0) is 29.3. The van der Waals surface area contributed by atoms with Crippen molar-refractivity contribution in [3.63, 3.8) is 0 Å². The van der Waals surface area contributed by atoms with E-state index in [1.54, 1.807) is 50.4 Å². The molecule has 4 atom stereocenters. The lowest BCUT2D eigenvalue weighted by Crippen LogP contribution is -2.62. The number of primary amides is 1. The van der Waals surface area contributed by atoms with Crippen LogP contribution in [0.1, 0.15) is 30.0 Å². The number of nitrogens with zero attached hydrogens (tertiary/aromatic N) is 1. The number of hydrogen-bond acceptors (Lipinski definition) is 9. The highest BCUT2D eigenvalue weighted by Gasteiger charge is 2.62. The number of aromatic hydroxyl groups is 1. The highest BCUT2D eigenvalue weighted by atomic mass is 16.5. The molecular formula is C30H34N2O8. The normalized spacial score (nSPS) is 25.4. The Kier molecular flexibility index (Phi) is 6.68. The van der Waals surface area contributed by atoms with Crippen LogP contribution >= 0.6 is 0 Å². The number of likely N-dealkylation sites (N-methyl/N-ethyl adjacent to an activating group) is 1. The van der Waals surface area contributed by atoms with Gasteiger partial charge >= 0.3 is 0 Å². The number of ether oxygens (including phenoxy) is 1. The fourth-order valence-corrected chi connectivity index (χ4v) is 7.01. The minimum Gasteiger partial charge on any atom is -0.510 e. The second-order valence-corrected chi connectivity index (χ2v) is 11.0. The van der Waals surface area contributed by atoms with Crippen molar-refractivity contribution < 1.29 is 39.9 Å². The van der Waals surface area contributed by atoms with Crippen LogP contribution in [0.5, 0.6) is 11.5 Å². The molecule has 2 aromatic carbocycles. The summed E-state index contributed by atoms with van der Waals surface area (Å²) in [7, 11) is 4.85. The van der Waals surface area contributed by atoms with Crippen molar-refractivity contribution in [1.29, 1.82) is 0 Å². The number of fused-ring (bicyclic) bond motifs is 3. The van der Waals surface area contributed by atoms with E-state index in [2.05, 4.69) is 0 Å². The summed E-state index contributed by atoms with van der Waals surface area (Å²) in [6.45, 7) is 1.96. The van der Waals surface area contributed by atoms with Crippen molar-refractivity contribution in [2.75, 3.05) is 21.2 Å². The Morgan fingerprint density at radius 3 is 2.35 bits per heavy atom. The Morgan fingerprint density at radius 1 is 1.15 bits per heavy atom. The lowest BCUT2D eigenvalue weighted by molar-refractivity contribution is -0.203. The average Bonchev–Trinajstić information content (AvgIpc) is 2.87. The third kappa shape index (κ3) is 3.89. The number of aliphatic hydroxyl groups excluding tert-OH is 2. The summed E-state index contributed by atoms with van der Waals surface area (Å²) in [6, 6.07) is 8.07. The highest BCUT2D eigenvalue weighted by molar-refractivity contribution is 6.08. The molecule has 1 fully saturated rings. The maximum absolute atomic E-state index is 14.1. The molecule has 0 bridgehead atoms. The number of allylic oxidation sites excluding steroid dienone is 1. The Labute approximate surface area is 231 Å². The Bertz CT molecular complexity index is 1470. The summed E-state index contributed by atoms with van der Waals surface area (Å²) in [5.41, 5.74) is 7.44. The van der Waals surface area contributed by atoms with Crippen molar-refractivity contribution >= 4 is 17.4 Å². The fourth-order valence-electron chi connectivity index (χ4n) is 7.01. The van der Waals surface area contributed by atoms with E-state index in [4.69, 9.17) is 10.5 Å². The van der Waals surface area contributed by atoms with Crippen molar-refractivity contribution in [2.45, 2.75) is 38.0 Å². The van der Waals surface area contributed by atoms with Gasteiger partial charge in [0.05, 0.1) is 24.6 Å². The van der Waals surface area contributed by atoms with Crippen LogP contribution in [0, 0.1) is 17.8 Å². The predicted molar refractivity (Wildman–Crippen MR) is 146 cm³/mol. The molecule has 0 spiro atoms. The third-order valence-corrected chi connectivity index (χ3v) is 8.71. The number of hydrogen-bond donors (Lipinski definition) is 6. The van der Waals surface area contributed by atoms with Gasteiger partial charge in [0.2, 0.25) is 5.79 Å². The summed E-state index contributed by atoms with van der Waals surface area (Å²) >= 11 is 0. The number of phenolic OH excluding ortho intramolecular Hbond substituents is 1. The van der Waals surface area contributed by atoms with Crippen LogP contribution in [-0.4, -0.2) is 75.2 Å². The summed E-state index contributed by atoms with van der Waals surface area (Å²) in [4.78, 5) is 27.9. The molecule has 5 rings (SSSR count). The van der Waals surface area contributed by atoms with Gasteiger partial charge in [0.25, 0.3) is 5.91 Å². The number of rotatable bonds is 5. The number of aliphatic hydroxyl groups is 4. The van der Waals surface area contributed by atoms with Crippen LogP contribution in [0.4, 0.5) is 0 Å². The number of ketones is 1. The second kappa shape index (κ2) is 9.65. The molecule has 1 saturated carbocycles. The van der Waals surface area contributed by atoms with E-state index in [0.717, 1.165) is 5.56 Å². The number of Topliss-reactive ketones (excluding diaryl/α,β-unsaturated/α-hetero) is 1. The first-order valence-electron chi connectivity index (χ1n) is 13.2. The first kappa shape index (κ1) is 27.7. The molecule has 7 N–H and O–H groups in total. The van der Waals surface area contributed by atoms with Gasteiger partial charge in [0.1, 0.15) is 28.6 Å². The molecule has 2 aromatic rings. The minimum atomic E-state index is -3.05. The topological polar surface area (TPSA) is 174 Å². The van der Waals surface area contributed by atoms with E-state index in [1.807, 2.05) is 13.0 Å².